The van der Waals surface area contributed by atoms with Crippen molar-refractivity contribution in [3.05, 3.63) is 28.2 Å². The Hall–Kier alpha value is -1.03. The maximum atomic E-state index is 7.78. The van der Waals surface area contributed by atoms with E-state index in [2.05, 4.69) is 26.9 Å². The number of halogens is 1. The first-order valence-electron chi connectivity index (χ1n) is 7.07. The van der Waals surface area contributed by atoms with Gasteiger partial charge in [-0.15, -0.1) is 0 Å². The number of hydrogen-bond donors (Lipinski definition) is 2. The van der Waals surface area contributed by atoms with Gasteiger partial charge >= 0.3 is 0 Å². The number of nitrogens with two attached hydrogens (primary N) is 1. The van der Waals surface area contributed by atoms with Crippen LogP contribution in [0.2, 0.25) is 0 Å². The Bertz CT molecular complexity index is 500. The molecular formula is C15H20BrN3. The van der Waals surface area contributed by atoms with Gasteiger partial charge in [0, 0.05) is 28.3 Å². The molecule has 1 saturated heterocycles. The molecule has 1 saturated carbocycles. The van der Waals surface area contributed by atoms with Crippen LogP contribution in [0.15, 0.2) is 22.7 Å². The Morgan fingerprint density at radius 3 is 2.84 bits per heavy atom. The minimum atomic E-state index is 0.168. The van der Waals surface area contributed by atoms with Crippen LogP contribution in [-0.2, 0) is 0 Å². The first kappa shape index (κ1) is 13.0. The van der Waals surface area contributed by atoms with Crippen molar-refractivity contribution in [3.63, 3.8) is 0 Å². The topological polar surface area (TPSA) is 53.1 Å². The molecule has 3 N–H and O–H groups in total. The van der Waals surface area contributed by atoms with E-state index in [9.17, 15) is 0 Å². The summed E-state index contributed by atoms with van der Waals surface area (Å²) in [7, 11) is 0. The second kappa shape index (κ2) is 5.16. The molecule has 1 aliphatic carbocycles. The summed E-state index contributed by atoms with van der Waals surface area (Å²) < 4.78 is 1.06. The highest BCUT2D eigenvalue weighted by atomic mass is 79.9. The van der Waals surface area contributed by atoms with Crippen molar-refractivity contribution in [1.29, 1.82) is 5.41 Å². The van der Waals surface area contributed by atoms with Crippen molar-refractivity contribution in [2.75, 3.05) is 11.4 Å². The fourth-order valence-corrected chi connectivity index (χ4v) is 4.02. The van der Waals surface area contributed by atoms with Gasteiger partial charge in [-0.3, -0.25) is 5.41 Å². The van der Waals surface area contributed by atoms with E-state index in [0.717, 1.165) is 28.2 Å². The van der Waals surface area contributed by atoms with Crippen molar-refractivity contribution in [3.8, 4) is 0 Å². The third-order valence-electron chi connectivity index (χ3n) is 4.57. The smallest absolute Gasteiger partial charge is 0.124 e. The van der Waals surface area contributed by atoms with Crippen molar-refractivity contribution in [2.45, 2.75) is 38.1 Å². The monoisotopic (exact) mass is 321 g/mol. The SMILES string of the molecule is N=C(N)c1ccc(Br)cc1N1CCC2CCCCC21. The Balaban J connectivity index is 1.97. The molecular weight excluding hydrogens is 302 g/mol. The van der Waals surface area contributed by atoms with Gasteiger partial charge in [0.2, 0.25) is 0 Å². The van der Waals surface area contributed by atoms with E-state index in [1.165, 1.54) is 32.1 Å². The number of hydrogen-bond acceptors (Lipinski definition) is 2. The lowest BCUT2D eigenvalue weighted by molar-refractivity contribution is 0.342. The highest BCUT2D eigenvalue weighted by Gasteiger charge is 2.36. The summed E-state index contributed by atoms with van der Waals surface area (Å²) in [6, 6.07) is 6.70. The van der Waals surface area contributed by atoms with Crippen molar-refractivity contribution >= 4 is 27.5 Å². The molecule has 1 heterocycles. The Kier molecular flexibility index (Phi) is 3.52. The molecule has 1 aromatic rings. The molecule has 0 bridgehead atoms. The van der Waals surface area contributed by atoms with Gasteiger partial charge in [0.15, 0.2) is 0 Å². The lowest BCUT2D eigenvalue weighted by Crippen LogP contribution is -2.36. The number of nitrogens with zero attached hydrogens (tertiary/aromatic N) is 1. The summed E-state index contributed by atoms with van der Waals surface area (Å²) in [6.07, 6.45) is 6.65. The number of benzene rings is 1. The van der Waals surface area contributed by atoms with Crippen LogP contribution < -0.4 is 10.6 Å². The van der Waals surface area contributed by atoms with Gasteiger partial charge in [-0.1, -0.05) is 28.8 Å². The van der Waals surface area contributed by atoms with E-state index in [-0.39, 0.29) is 5.84 Å². The Labute approximate surface area is 122 Å². The quantitative estimate of drug-likeness (QED) is 0.647. The van der Waals surface area contributed by atoms with Gasteiger partial charge < -0.3 is 10.6 Å². The average Bonchev–Trinajstić information content (AvgIpc) is 2.82. The third kappa shape index (κ3) is 2.38. The fourth-order valence-electron chi connectivity index (χ4n) is 3.68. The molecule has 0 amide bonds. The summed E-state index contributed by atoms with van der Waals surface area (Å²) in [5.74, 6) is 1.01. The Morgan fingerprint density at radius 1 is 1.26 bits per heavy atom. The number of amidine groups is 1. The summed E-state index contributed by atoms with van der Waals surface area (Å²) in [5.41, 5.74) is 7.75. The molecule has 0 spiro atoms. The van der Waals surface area contributed by atoms with Gasteiger partial charge in [0.25, 0.3) is 0 Å². The largest absolute Gasteiger partial charge is 0.384 e. The maximum absolute atomic E-state index is 7.78. The standard InChI is InChI=1S/C15H20BrN3/c16-11-5-6-12(15(17)18)14(9-11)19-8-7-10-3-1-2-4-13(10)19/h5-6,9-10,13H,1-4,7-8H2,(H3,17,18). The number of nitrogen functional groups attached to an aromatic ring is 1. The molecule has 2 fully saturated rings. The summed E-state index contributed by atoms with van der Waals surface area (Å²) in [6.45, 7) is 1.10. The first-order valence-corrected chi connectivity index (χ1v) is 7.86. The van der Waals surface area contributed by atoms with Gasteiger partial charge in [-0.2, -0.15) is 0 Å². The van der Waals surface area contributed by atoms with E-state index in [0.29, 0.717) is 6.04 Å². The molecule has 4 heteroatoms. The summed E-state index contributed by atoms with van der Waals surface area (Å²) in [4.78, 5) is 2.49. The predicted octanol–water partition coefficient (Wildman–Crippen LogP) is 3.50. The van der Waals surface area contributed by atoms with E-state index in [4.69, 9.17) is 11.1 Å². The second-order valence-corrected chi connectivity index (χ2v) is 6.58. The van der Waals surface area contributed by atoms with Crippen LogP contribution in [0.4, 0.5) is 5.69 Å². The molecule has 3 rings (SSSR count). The predicted molar refractivity (Wildman–Crippen MR) is 82.9 cm³/mol. The van der Waals surface area contributed by atoms with Gasteiger partial charge in [0.1, 0.15) is 5.84 Å². The lowest BCUT2D eigenvalue weighted by atomic mass is 9.85. The average molecular weight is 322 g/mol. The van der Waals surface area contributed by atoms with Crippen LogP contribution in [0.1, 0.15) is 37.7 Å². The van der Waals surface area contributed by atoms with Crippen LogP contribution in [0.3, 0.4) is 0 Å². The van der Waals surface area contributed by atoms with E-state index >= 15 is 0 Å². The van der Waals surface area contributed by atoms with Crippen molar-refractivity contribution < 1.29 is 0 Å². The van der Waals surface area contributed by atoms with E-state index < -0.39 is 0 Å². The normalized spacial score (nSPS) is 26.3. The first-order chi connectivity index (χ1) is 9.16. The van der Waals surface area contributed by atoms with Crippen LogP contribution in [0, 0.1) is 11.3 Å². The van der Waals surface area contributed by atoms with Gasteiger partial charge in [0.05, 0.1) is 0 Å². The Morgan fingerprint density at radius 2 is 2.05 bits per heavy atom. The molecule has 0 aromatic heterocycles. The van der Waals surface area contributed by atoms with Crippen LogP contribution >= 0.6 is 15.9 Å². The molecule has 102 valence electrons. The van der Waals surface area contributed by atoms with Gasteiger partial charge in [-0.05, 0) is 43.4 Å². The lowest BCUT2D eigenvalue weighted by Gasteiger charge is -2.34. The van der Waals surface area contributed by atoms with Gasteiger partial charge in [-0.25, -0.2) is 0 Å². The minimum Gasteiger partial charge on any atom is -0.384 e. The zero-order valence-corrected chi connectivity index (χ0v) is 12.6. The van der Waals surface area contributed by atoms with Crippen molar-refractivity contribution in [1.82, 2.24) is 0 Å². The third-order valence-corrected chi connectivity index (χ3v) is 5.06. The number of nitrogens with one attached hydrogen (secondary N) is 1. The molecule has 1 aliphatic heterocycles. The molecule has 0 radical (unpaired) electrons. The molecule has 2 atom stereocenters. The number of rotatable bonds is 2. The molecule has 2 aliphatic rings. The van der Waals surface area contributed by atoms with E-state index in [1.807, 2.05) is 12.1 Å². The van der Waals surface area contributed by atoms with Crippen LogP contribution in [0.25, 0.3) is 0 Å². The molecule has 2 unspecified atom stereocenters. The molecule has 1 aromatic carbocycles. The number of anilines is 1. The summed E-state index contributed by atoms with van der Waals surface area (Å²) in [5, 5.41) is 7.78. The van der Waals surface area contributed by atoms with E-state index in [1.54, 1.807) is 0 Å². The highest BCUT2D eigenvalue weighted by molar-refractivity contribution is 9.10. The second-order valence-electron chi connectivity index (χ2n) is 5.67. The highest BCUT2D eigenvalue weighted by Crippen LogP contribution is 2.40. The fraction of sp³-hybridized carbons (Fsp3) is 0.533. The van der Waals surface area contributed by atoms with Crippen molar-refractivity contribution in [2.24, 2.45) is 11.7 Å². The van der Waals surface area contributed by atoms with Crippen LogP contribution in [0.5, 0.6) is 0 Å². The summed E-state index contributed by atoms with van der Waals surface area (Å²) >= 11 is 3.54. The minimum absolute atomic E-state index is 0.168. The van der Waals surface area contributed by atoms with Crippen LogP contribution in [-0.4, -0.2) is 18.4 Å². The zero-order valence-electron chi connectivity index (χ0n) is 11.0. The maximum Gasteiger partial charge on any atom is 0.124 e. The number of fused-ring (bicyclic) bond motifs is 1. The molecule has 3 nitrogen and oxygen atoms in total. The molecule has 19 heavy (non-hydrogen) atoms. The zero-order chi connectivity index (χ0) is 13.4.